The van der Waals surface area contributed by atoms with Gasteiger partial charge < -0.3 is 14.8 Å². The number of methoxy groups -OCH3 is 2. The van der Waals surface area contributed by atoms with Crippen LogP contribution in [-0.2, 0) is 13.5 Å². The number of nitrogens with one attached hydrogen (secondary N) is 1. The molecule has 0 bridgehead atoms. The summed E-state index contributed by atoms with van der Waals surface area (Å²) in [5.41, 5.74) is 1.02. The van der Waals surface area contributed by atoms with E-state index in [4.69, 9.17) is 9.47 Å². The Balaban J connectivity index is 2.31. The van der Waals surface area contributed by atoms with Crippen molar-refractivity contribution in [3.63, 3.8) is 0 Å². The van der Waals surface area contributed by atoms with Crippen molar-refractivity contribution in [2.45, 2.75) is 19.4 Å². The van der Waals surface area contributed by atoms with Crippen LogP contribution in [0, 0.1) is 0 Å². The average molecular weight is 291 g/mol. The topological polar surface area (TPSA) is 74.1 Å². The molecule has 1 N–H and O–H groups in total. The third-order valence-corrected chi connectivity index (χ3v) is 3.20. The lowest BCUT2D eigenvalue weighted by Crippen LogP contribution is -2.24. The second-order valence-electron chi connectivity index (χ2n) is 4.62. The molecular formula is C14H21N5O2. The van der Waals surface area contributed by atoms with Crippen LogP contribution < -0.4 is 14.8 Å². The third kappa shape index (κ3) is 3.69. The summed E-state index contributed by atoms with van der Waals surface area (Å²) >= 11 is 0. The highest BCUT2D eigenvalue weighted by Gasteiger charge is 2.19. The third-order valence-electron chi connectivity index (χ3n) is 3.20. The maximum Gasteiger partial charge on any atom is 0.176 e. The number of rotatable bonds is 7. The molecule has 1 heterocycles. The highest BCUT2D eigenvalue weighted by Crippen LogP contribution is 2.30. The Morgan fingerprint density at radius 2 is 2.10 bits per heavy atom. The van der Waals surface area contributed by atoms with Crippen LogP contribution in [0.25, 0.3) is 0 Å². The Bertz CT molecular complexity index is 584. The maximum absolute atomic E-state index is 5.46. The predicted octanol–water partition coefficient (Wildman–Crippen LogP) is 1.12. The van der Waals surface area contributed by atoms with Crippen molar-refractivity contribution in [1.29, 1.82) is 0 Å². The lowest BCUT2D eigenvalue weighted by molar-refractivity contribution is 0.389. The van der Waals surface area contributed by atoms with Gasteiger partial charge in [-0.3, -0.25) is 0 Å². The Labute approximate surface area is 124 Å². The van der Waals surface area contributed by atoms with Crippen molar-refractivity contribution >= 4 is 0 Å². The molecule has 1 unspecified atom stereocenters. The van der Waals surface area contributed by atoms with Crippen molar-refractivity contribution in [3.8, 4) is 11.5 Å². The Morgan fingerprint density at radius 3 is 2.67 bits per heavy atom. The summed E-state index contributed by atoms with van der Waals surface area (Å²) < 4.78 is 10.8. The number of nitrogens with zero attached hydrogens (tertiary/aromatic N) is 4. The van der Waals surface area contributed by atoms with Crippen molar-refractivity contribution in [1.82, 2.24) is 25.5 Å². The van der Waals surface area contributed by atoms with E-state index in [1.807, 2.05) is 18.2 Å². The highest BCUT2D eigenvalue weighted by atomic mass is 16.5. The molecule has 1 aromatic carbocycles. The fourth-order valence-electron chi connectivity index (χ4n) is 2.24. The largest absolute Gasteiger partial charge is 0.497 e. The molecule has 21 heavy (non-hydrogen) atoms. The van der Waals surface area contributed by atoms with E-state index in [-0.39, 0.29) is 6.04 Å². The first kappa shape index (κ1) is 15.2. The summed E-state index contributed by atoms with van der Waals surface area (Å²) in [6.45, 7) is 2.88. The van der Waals surface area contributed by atoms with E-state index in [9.17, 15) is 0 Å². The van der Waals surface area contributed by atoms with E-state index in [2.05, 4.69) is 27.7 Å². The van der Waals surface area contributed by atoms with Crippen molar-refractivity contribution in [2.24, 2.45) is 7.05 Å². The summed E-state index contributed by atoms with van der Waals surface area (Å²) in [5, 5.41) is 15.6. The monoisotopic (exact) mass is 291 g/mol. The van der Waals surface area contributed by atoms with Gasteiger partial charge in [0, 0.05) is 18.0 Å². The average Bonchev–Trinajstić information content (AvgIpc) is 2.91. The van der Waals surface area contributed by atoms with Gasteiger partial charge in [0.15, 0.2) is 5.82 Å². The highest BCUT2D eigenvalue weighted by molar-refractivity contribution is 5.42. The SMILES string of the molecule is CCNC(Cc1nnn(C)n1)c1cc(OC)ccc1OC. The maximum atomic E-state index is 5.46. The van der Waals surface area contributed by atoms with Crippen molar-refractivity contribution in [3.05, 3.63) is 29.6 Å². The van der Waals surface area contributed by atoms with Gasteiger partial charge in [0.1, 0.15) is 11.5 Å². The van der Waals surface area contributed by atoms with Crippen LogP contribution in [-0.4, -0.2) is 41.0 Å². The smallest absolute Gasteiger partial charge is 0.176 e. The van der Waals surface area contributed by atoms with Crippen LogP contribution in [0.3, 0.4) is 0 Å². The van der Waals surface area contributed by atoms with Crippen LogP contribution in [0.4, 0.5) is 0 Å². The molecular weight excluding hydrogens is 270 g/mol. The molecule has 1 aromatic heterocycles. The van der Waals surface area contributed by atoms with Crippen LogP contribution in [0.1, 0.15) is 24.4 Å². The molecule has 7 nitrogen and oxygen atoms in total. The number of ether oxygens (including phenoxy) is 2. The molecule has 0 fully saturated rings. The van der Waals surface area contributed by atoms with E-state index in [1.54, 1.807) is 21.3 Å². The molecule has 7 heteroatoms. The minimum atomic E-state index is 0.0317. The van der Waals surface area contributed by atoms with Crippen molar-refractivity contribution < 1.29 is 9.47 Å². The molecule has 114 valence electrons. The van der Waals surface area contributed by atoms with E-state index in [1.165, 1.54) is 4.80 Å². The molecule has 2 rings (SSSR count). The quantitative estimate of drug-likeness (QED) is 0.824. The van der Waals surface area contributed by atoms with Gasteiger partial charge in [-0.05, 0) is 30.0 Å². The van der Waals surface area contributed by atoms with Gasteiger partial charge in [0.25, 0.3) is 0 Å². The molecule has 0 aliphatic heterocycles. The number of likely N-dealkylation sites (N-methyl/N-ethyl adjacent to an activating group) is 1. The lowest BCUT2D eigenvalue weighted by Gasteiger charge is -2.20. The minimum absolute atomic E-state index is 0.0317. The van der Waals surface area contributed by atoms with E-state index in [0.717, 1.165) is 23.6 Å². The Morgan fingerprint density at radius 1 is 1.29 bits per heavy atom. The molecule has 0 saturated heterocycles. The number of hydrogen-bond acceptors (Lipinski definition) is 6. The van der Waals surface area contributed by atoms with Gasteiger partial charge in [-0.25, -0.2) is 0 Å². The number of aromatic nitrogens is 4. The van der Waals surface area contributed by atoms with E-state index >= 15 is 0 Å². The predicted molar refractivity (Wildman–Crippen MR) is 78.5 cm³/mol. The zero-order valence-corrected chi connectivity index (χ0v) is 12.8. The molecule has 0 amide bonds. The molecule has 0 aliphatic carbocycles. The lowest BCUT2D eigenvalue weighted by atomic mass is 10.0. The first-order chi connectivity index (χ1) is 10.2. The fraction of sp³-hybridized carbons (Fsp3) is 0.500. The Hall–Kier alpha value is -2.15. The summed E-state index contributed by atoms with van der Waals surface area (Å²) in [6, 6.07) is 5.79. The second kappa shape index (κ2) is 7.03. The molecule has 0 spiro atoms. The van der Waals surface area contributed by atoms with Gasteiger partial charge in [0.05, 0.1) is 21.3 Å². The fourth-order valence-corrected chi connectivity index (χ4v) is 2.24. The minimum Gasteiger partial charge on any atom is -0.497 e. The van der Waals surface area contributed by atoms with Crippen LogP contribution in [0.15, 0.2) is 18.2 Å². The van der Waals surface area contributed by atoms with Gasteiger partial charge in [-0.15, -0.1) is 10.2 Å². The van der Waals surface area contributed by atoms with Gasteiger partial charge in [-0.2, -0.15) is 4.80 Å². The van der Waals surface area contributed by atoms with E-state index in [0.29, 0.717) is 12.2 Å². The van der Waals surface area contributed by atoms with Gasteiger partial charge in [0.2, 0.25) is 0 Å². The van der Waals surface area contributed by atoms with E-state index < -0.39 is 0 Å². The first-order valence-corrected chi connectivity index (χ1v) is 6.86. The Kier molecular flexibility index (Phi) is 5.10. The van der Waals surface area contributed by atoms with Crippen LogP contribution in [0.5, 0.6) is 11.5 Å². The molecule has 2 aromatic rings. The molecule has 0 radical (unpaired) electrons. The van der Waals surface area contributed by atoms with Gasteiger partial charge in [-0.1, -0.05) is 6.92 Å². The first-order valence-electron chi connectivity index (χ1n) is 6.86. The number of hydrogen-bond donors (Lipinski definition) is 1. The summed E-state index contributed by atoms with van der Waals surface area (Å²) in [4.78, 5) is 1.46. The second-order valence-corrected chi connectivity index (χ2v) is 4.62. The van der Waals surface area contributed by atoms with Crippen molar-refractivity contribution in [2.75, 3.05) is 20.8 Å². The molecule has 1 atom stereocenters. The summed E-state index contributed by atoms with van der Waals surface area (Å²) in [6.07, 6.45) is 0.630. The summed E-state index contributed by atoms with van der Waals surface area (Å²) in [7, 11) is 5.07. The van der Waals surface area contributed by atoms with Crippen LogP contribution >= 0.6 is 0 Å². The molecule has 0 aliphatic rings. The van der Waals surface area contributed by atoms with Crippen LogP contribution in [0.2, 0.25) is 0 Å². The van der Waals surface area contributed by atoms with Gasteiger partial charge >= 0.3 is 0 Å². The zero-order chi connectivity index (χ0) is 15.2. The zero-order valence-electron chi connectivity index (χ0n) is 12.8. The summed E-state index contributed by atoms with van der Waals surface area (Å²) in [5.74, 6) is 2.29. The number of aryl methyl sites for hydroxylation is 1. The number of tetrazole rings is 1. The standard InChI is InChI=1S/C14H21N5O2/c1-5-15-12(9-14-16-18-19(2)17-14)11-8-10(20-3)6-7-13(11)21-4/h6-8,12,15H,5,9H2,1-4H3. The number of benzene rings is 1. The molecule has 0 saturated carbocycles. The normalized spacial score (nSPS) is 12.2.